The maximum Gasteiger partial charge on any atom is 0.407 e. The van der Waals surface area contributed by atoms with Crippen LogP contribution in [0.4, 0.5) is 9.18 Å². The molecular weight excluding hydrogens is 383 g/mol. The number of carbonyl (C=O) groups is 2. The lowest BCUT2D eigenvalue weighted by Gasteiger charge is -2.39. The third-order valence-electron chi connectivity index (χ3n) is 3.47. The Bertz CT molecular complexity index is 616. The normalized spacial score (nSPS) is 18.5. The summed E-state index contributed by atoms with van der Waals surface area (Å²) in [6.45, 7) is -0.266. The van der Waals surface area contributed by atoms with Crippen LogP contribution >= 0.6 is 27.5 Å². The first-order valence-corrected chi connectivity index (χ1v) is 7.56. The number of halogens is 3. The van der Waals surface area contributed by atoms with Crippen molar-refractivity contribution in [1.82, 2.24) is 9.80 Å². The smallest absolute Gasteiger partial charge is 0.407 e. The summed E-state index contributed by atoms with van der Waals surface area (Å²) in [5.74, 6) is -1.37. The molecule has 0 radical (unpaired) electrons. The highest BCUT2D eigenvalue weighted by molar-refractivity contribution is 9.10. The first-order valence-electron chi connectivity index (χ1n) is 6.39. The van der Waals surface area contributed by atoms with Gasteiger partial charge in [0.25, 0.3) is 5.91 Å². The van der Waals surface area contributed by atoms with E-state index in [2.05, 4.69) is 15.9 Å². The standard InChI is InChI=1S/C13H13BrClFN2O4/c14-9-4-11(16)8(3-10(9)15)12(20)18-2-1-17(13(21)22)5-7(18)6-19/h3-4,7,19H,1-2,5-6H2,(H,21,22)/t7-/m0/s1. The molecule has 2 N–H and O–H groups in total. The minimum atomic E-state index is -1.12. The van der Waals surface area contributed by atoms with Crippen molar-refractivity contribution in [3.8, 4) is 0 Å². The average Bonchev–Trinajstić information content (AvgIpc) is 2.49. The zero-order chi connectivity index (χ0) is 16.4. The van der Waals surface area contributed by atoms with Crippen LogP contribution in [0.15, 0.2) is 16.6 Å². The van der Waals surface area contributed by atoms with Gasteiger partial charge in [0.1, 0.15) is 5.82 Å². The van der Waals surface area contributed by atoms with Gasteiger partial charge in [-0.05, 0) is 28.1 Å². The van der Waals surface area contributed by atoms with Crippen molar-refractivity contribution in [1.29, 1.82) is 0 Å². The highest BCUT2D eigenvalue weighted by Crippen LogP contribution is 2.27. The van der Waals surface area contributed by atoms with E-state index in [1.807, 2.05) is 0 Å². The molecular formula is C13H13BrClFN2O4. The fourth-order valence-corrected chi connectivity index (χ4v) is 2.77. The summed E-state index contributed by atoms with van der Waals surface area (Å²) in [6.07, 6.45) is -1.12. The van der Waals surface area contributed by atoms with Crippen LogP contribution in [0.2, 0.25) is 5.02 Å². The topological polar surface area (TPSA) is 81.1 Å². The SMILES string of the molecule is O=C(O)N1CCN(C(=O)c2cc(Cl)c(Br)cc2F)[C@H](CO)C1. The van der Waals surface area contributed by atoms with Gasteiger partial charge in [0.2, 0.25) is 0 Å². The number of hydrogen-bond acceptors (Lipinski definition) is 3. The molecule has 0 bridgehead atoms. The van der Waals surface area contributed by atoms with E-state index in [0.29, 0.717) is 4.47 Å². The summed E-state index contributed by atoms with van der Waals surface area (Å²) in [7, 11) is 0. The van der Waals surface area contributed by atoms with Gasteiger partial charge in [-0.3, -0.25) is 4.79 Å². The van der Waals surface area contributed by atoms with Crippen LogP contribution in [-0.4, -0.2) is 64.3 Å². The Morgan fingerprint density at radius 2 is 2.09 bits per heavy atom. The number of benzene rings is 1. The van der Waals surface area contributed by atoms with Crippen molar-refractivity contribution in [2.45, 2.75) is 6.04 Å². The van der Waals surface area contributed by atoms with Crippen molar-refractivity contribution < 1.29 is 24.2 Å². The quantitative estimate of drug-likeness (QED) is 0.751. The van der Waals surface area contributed by atoms with Gasteiger partial charge in [-0.15, -0.1) is 0 Å². The van der Waals surface area contributed by atoms with E-state index in [0.717, 1.165) is 11.0 Å². The van der Waals surface area contributed by atoms with Gasteiger partial charge in [0.15, 0.2) is 0 Å². The molecule has 1 fully saturated rings. The summed E-state index contributed by atoms with van der Waals surface area (Å²) in [5.41, 5.74) is -0.213. The Kier molecular flexibility index (Phi) is 5.25. The van der Waals surface area contributed by atoms with Crippen LogP contribution in [0.25, 0.3) is 0 Å². The van der Waals surface area contributed by atoms with Crippen LogP contribution in [-0.2, 0) is 0 Å². The molecule has 0 unspecified atom stereocenters. The molecule has 0 saturated carbocycles. The Hall–Kier alpha value is -1.38. The molecule has 1 aromatic rings. The fraction of sp³-hybridized carbons (Fsp3) is 0.385. The minimum Gasteiger partial charge on any atom is -0.465 e. The molecule has 120 valence electrons. The highest BCUT2D eigenvalue weighted by atomic mass is 79.9. The number of nitrogens with zero attached hydrogens (tertiary/aromatic N) is 2. The van der Waals surface area contributed by atoms with Gasteiger partial charge in [0, 0.05) is 24.1 Å². The summed E-state index contributed by atoms with van der Waals surface area (Å²) in [4.78, 5) is 25.8. The molecule has 2 amide bonds. The number of aliphatic hydroxyl groups is 1. The molecule has 1 aliphatic rings. The molecule has 1 atom stereocenters. The molecule has 1 saturated heterocycles. The number of aliphatic hydroxyl groups excluding tert-OH is 1. The Morgan fingerprint density at radius 1 is 1.41 bits per heavy atom. The lowest BCUT2D eigenvalue weighted by Crippen LogP contribution is -2.57. The van der Waals surface area contributed by atoms with Crippen molar-refractivity contribution in [2.24, 2.45) is 0 Å². The van der Waals surface area contributed by atoms with Crippen molar-refractivity contribution in [3.05, 3.63) is 33.0 Å². The molecule has 22 heavy (non-hydrogen) atoms. The second-order valence-electron chi connectivity index (χ2n) is 4.81. The molecule has 1 heterocycles. The molecule has 1 aromatic carbocycles. The molecule has 0 aliphatic carbocycles. The predicted molar refractivity (Wildman–Crippen MR) is 80.6 cm³/mol. The van der Waals surface area contributed by atoms with Crippen LogP contribution in [0.1, 0.15) is 10.4 Å². The summed E-state index contributed by atoms with van der Waals surface area (Å²) in [6, 6.07) is 1.58. The van der Waals surface area contributed by atoms with E-state index in [-0.39, 0.29) is 30.2 Å². The van der Waals surface area contributed by atoms with E-state index in [9.17, 15) is 19.1 Å². The lowest BCUT2D eigenvalue weighted by atomic mass is 10.1. The van der Waals surface area contributed by atoms with E-state index in [1.54, 1.807) is 0 Å². The van der Waals surface area contributed by atoms with Crippen LogP contribution in [0.3, 0.4) is 0 Å². The Labute approximate surface area is 139 Å². The van der Waals surface area contributed by atoms with E-state index in [4.69, 9.17) is 16.7 Å². The Balaban J connectivity index is 2.25. The molecule has 1 aliphatic heterocycles. The lowest BCUT2D eigenvalue weighted by molar-refractivity contribution is 0.0306. The fourth-order valence-electron chi connectivity index (χ4n) is 2.29. The zero-order valence-corrected chi connectivity index (χ0v) is 13.6. The summed E-state index contributed by atoms with van der Waals surface area (Å²) < 4.78 is 14.3. The number of hydrogen-bond donors (Lipinski definition) is 2. The maximum absolute atomic E-state index is 14.0. The summed E-state index contributed by atoms with van der Waals surface area (Å²) >= 11 is 8.95. The molecule has 9 heteroatoms. The van der Waals surface area contributed by atoms with Crippen molar-refractivity contribution in [2.75, 3.05) is 26.2 Å². The van der Waals surface area contributed by atoms with E-state index >= 15 is 0 Å². The molecule has 2 rings (SSSR count). The zero-order valence-electron chi connectivity index (χ0n) is 11.3. The highest BCUT2D eigenvalue weighted by Gasteiger charge is 2.33. The molecule has 0 aromatic heterocycles. The van der Waals surface area contributed by atoms with E-state index < -0.39 is 30.5 Å². The number of piperazine rings is 1. The van der Waals surface area contributed by atoms with Gasteiger partial charge < -0.3 is 20.0 Å². The number of amides is 2. The minimum absolute atomic E-state index is 0.0244. The van der Waals surface area contributed by atoms with Crippen LogP contribution in [0, 0.1) is 5.82 Å². The Morgan fingerprint density at radius 3 is 2.68 bits per heavy atom. The van der Waals surface area contributed by atoms with Gasteiger partial charge in [0.05, 0.1) is 23.2 Å². The number of carbonyl (C=O) groups excluding carboxylic acids is 1. The second-order valence-corrected chi connectivity index (χ2v) is 6.07. The number of rotatable bonds is 2. The first kappa shape index (κ1) is 17.0. The van der Waals surface area contributed by atoms with Crippen molar-refractivity contribution >= 4 is 39.5 Å². The van der Waals surface area contributed by atoms with Gasteiger partial charge in [-0.2, -0.15) is 0 Å². The number of carboxylic acid groups (broad SMARTS) is 1. The van der Waals surface area contributed by atoms with E-state index in [1.165, 1.54) is 11.0 Å². The summed E-state index contributed by atoms with van der Waals surface area (Å²) in [5, 5.41) is 18.5. The third-order valence-corrected chi connectivity index (χ3v) is 4.66. The third kappa shape index (κ3) is 3.34. The monoisotopic (exact) mass is 394 g/mol. The first-order chi connectivity index (χ1) is 10.3. The van der Waals surface area contributed by atoms with Crippen molar-refractivity contribution in [3.63, 3.8) is 0 Å². The molecule has 0 spiro atoms. The average molecular weight is 396 g/mol. The maximum atomic E-state index is 14.0. The van der Waals surface area contributed by atoms with Gasteiger partial charge >= 0.3 is 6.09 Å². The largest absolute Gasteiger partial charge is 0.465 e. The second kappa shape index (κ2) is 6.80. The van der Waals surface area contributed by atoms with Crippen LogP contribution in [0.5, 0.6) is 0 Å². The molecule has 6 nitrogen and oxygen atoms in total. The van der Waals surface area contributed by atoms with Crippen LogP contribution < -0.4 is 0 Å². The van der Waals surface area contributed by atoms with Gasteiger partial charge in [-0.1, -0.05) is 11.6 Å². The predicted octanol–water partition coefficient (Wildman–Crippen LogP) is 2.04. The van der Waals surface area contributed by atoms with Gasteiger partial charge in [-0.25, -0.2) is 9.18 Å².